The fourth-order valence-corrected chi connectivity index (χ4v) is 4.73. The van der Waals surface area contributed by atoms with Gasteiger partial charge in [0, 0.05) is 10.9 Å². The van der Waals surface area contributed by atoms with Crippen LogP contribution in [0.5, 0.6) is 0 Å². The number of fused-ring (bicyclic) bond motifs is 1. The highest BCUT2D eigenvalue weighted by Gasteiger charge is 2.29. The summed E-state index contributed by atoms with van der Waals surface area (Å²) in [7, 11) is 0. The summed E-state index contributed by atoms with van der Waals surface area (Å²) in [5.74, 6) is 0.692. The number of aliphatic hydroxyl groups excluding tert-OH is 1. The van der Waals surface area contributed by atoms with Crippen LogP contribution in [-0.4, -0.2) is 17.8 Å². The maximum Gasteiger partial charge on any atom is 0.0704 e. The SMILES string of the molecule is OC1CC(CNC2CCCc3sc(Br)cc32)C1. The van der Waals surface area contributed by atoms with E-state index in [2.05, 4.69) is 27.3 Å². The summed E-state index contributed by atoms with van der Waals surface area (Å²) in [6.07, 6.45) is 5.74. The number of hydrogen-bond acceptors (Lipinski definition) is 3. The molecule has 0 amide bonds. The molecule has 1 aromatic rings. The second-order valence-corrected chi connectivity index (χ2v) is 7.79. The summed E-state index contributed by atoms with van der Waals surface area (Å²) in [6, 6.07) is 2.82. The first-order valence-electron chi connectivity index (χ1n) is 6.42. The third-order valence-corrected chi connectivity index (χ3v) is 5.66. The maximum atomic E-state index is 9.28. The molecule has 0 radical (unpaired) electrons. The van der Waals surface area contributed by atoms with Crippen LogP contribution in [0.1, 0.15) is 42.2 Å². The van der Waals surface area contributed by atoms with Crippen LogP contribution >= 0.6 is 27.3 Å². The predicted octanol–water partition coefficient (Wildman–Crippen LogP) is 3.25. The molecule has 2 aliphatic carbocycles. The summed E-state index contributed by atoms with van der Waals surface area (Å²) in [4.78, 5) is 1.55. The highest BCUT2D eigenvalue weighted by Crippen LogP contribution is 2.38. The number of thiophene rings is 1. The third-order valence-electron chi connectivity index (χ3n) is 3.95. The van der Waals surface area contributed by atoms with E-state index in [1.165, 1.54) is 28.6 Å². The summed E-state index contributed by atoms with van der Waals surface area (Å²) in [5.41, 5.74) is 1.51. The molecule has 17 heavy (non-hydrogen) atoms. The van der Waals surface area contributed by atoms with Gasteiger partial charge < -0.3 is 10.4 Å². The molecular weight excluding hydrogens is 298 g/mol. The molecule has 94 valence electrons. The first-order valence-corrected chi connectivity index (χ1v) is 8.03. The molecule has 1 atom stereocenters. The molecule has 1 fully saturated rings. The van der Waals surface area contributed by atoms with Crippen molar-refractivity contribution in [2.24, 2.45) is 5.92 Å². The van der Waals surface area contributed by atoms with Gasteiger partial charge in [0.15, 0.2) is 0 Å². The summed E-state index contributed by atoms with van der Waals surface area (Å²) in [6.45, 7) is 1.06. The van der Waals surface area contributed by atoms with Gasteiger partial charge >= 0.3 is 0 Å². The number of hydrogen-bond donors (Lipinski definition) is 2. The van der Waals surface area contributed by atoms with Gasteiger partial charge in [0.25, 0.3) is 0 Å². The van der Waals surface area contributed by atoms with E-state index in [0.717, 1.165) is 19.4 Å². The van der Waals surface area contributed by atoms with Crippen molar-refractivity contribution >= 4 is 27.3 Å². The number of aliphatic hydroxyl groups is 1. The number of nitrogens with one attached hydrogen (secondary N) is 1. The topological polar surface area (TPSA) is 32.3 Å². The quantitative estimate of drug-likeness (QED) is 0.897. The summed E-state index contributed by atoms with van der Waals surface area (Å²) in [5, 5.41) is 13.0. The first kappa shape index (κ1) is 12.2. The zero-order valence-corrected chi connectivity index (χ0v) is 12.2. The van der Waals surface area contributed by atoms with Crippen molar-refractivity contribution in [2.45, 2.75) is 44.2 Å². The Balaban J connectivity index is 1.60. The number of rotatable bonds is 3. The zero-order chi connectivity index (χ0) is 11.8. The molecule has 3 rings (SSSR count). The average molecular weight is 316 g/mol. The Morgan fingerprint density at radius 1 is 1.47 bits per heavy atom. The monoisotopic (exact) mass is 315 g/mol. The lowest BCUT2D eigenvalue weighted by atomic mass is 9.82. The minimum Gasteiger partial charge on any atom is -0.393 e. The van der Waals surface area contributed by atoms with E-state index >= 15 is 0 Å². The van der Waals surface area contributed by atoms with Gasteiger partial charge in [-0.1, -0.05) is 0 Å². The van der Waals surface area contributed by atoms with E-state index in [-0.39, 0.29) is 6.10 Å². The average Bonchev–Trinajstić information content (AvgIpc) is 2.63. The zero-order valence-electron chi connectivity index (χ0n) is 9.79. The molecule has 2 N–H and O–H groups in total. The van der Waals surface area contributed by atoms with Crippen molar-refractivity contribution in [1.29, 1.82) is 0 Å². The largest absolute Gasteiger partial charge is 0.393 e. The van der Waals surface area contributed by atoms with Gasteiger partial charge in [-0.05, 0) is 72.1 Å². The number of halogens is 1. The molecule has 0 aromatic carbocycles. The van der Waals surface area contributed by atoms with Gasteiger partial charge in [-0.3, -0.25) is 0 Å². The molecule has 1 saturated carbocycles. The fourth-order valence-electron chi connectivity index (χ4n) is 2.91. The van der Waals surface area contributed by atoms with E-state index in [1.807, 2.05) is 11.3 Å². The Morgan fingerprint density at radius 3 is 3.06 bits per heavy atom. The van der Waals surface area contributed by atoms with Crippen LogP contribution in [0.15, 0.2) is 9.85 Å². The van der Waals surface area contributed by atoms with E-state index in [9.17, 15) is 5.11 Å². The van der Waals surface area contributed by atoms with Crippen LogP contribution in [0, 0.1) is 5.92 Å². The number of aryl methyl sites for hydroxylation is 1. The molecule has 4 heteroatoms. The van der Waals surface area contributed by atoms with E-state index in [0.29, 0.717) is 12.0 Å². The van der Waals surface area contributed by atoms with Crippen molar-refractivity contribution in [2.75, 3.05) is 6.54 Å². The normalized spacial score (nSPS) is 32.0. The highest BCUT2D eigenvalue weighted by atomic mass is 79.9. The van der Waals surface area contributed by atoms with E-state index < -0.39 is 0 Å². The molecule has 1 aromatic heterocycles. The second-order valence-electron chi connectivity index (χ2n) is 5.27. The third kappa shape index (κ3) is 2.60. The molecule has 0 saturated heterocycles. The molecule has 1 unspecified atom stereocenters. The standard InChI is InChI=1S/C13H18BrNOS/c14-13-6-10-11(2-1-3-12(10)17-13)15-7-8-4-9(16)5-8/h6,8-9,11,15-16H,1-5,7H2. The molecule has 0 aliphatic heterocycles. The lowest BCUT2D eigenvalue weighted by Gasteiger charge is -2.33. The van der Waals surface area contributed by atoms with Gasteiger partial charge in [0.1, 0.15) is 0 Å². The van der Waals surface area contributed by atoms with Gasteiger partial charge in [0.2, 0.25) is 0 Å². The van der Waals surface area contributed by atoms with Crippen LogP contribution < -0.4 is 5.32 Å². The Hall–Kier alpha value is 0.100. The highest BCUT2D eigenvalue weighted by molar-refractivity contribution is 9.11. The molecular formula is C13H18BrNOS. The van der Waals surface area contributed by atoms with Crippen LogP contribution in [0.3, 0.4) is 0 Å². The van der Waals surface area contributed by atoms with Crippen LogP contribution in [0.25, 0.3) is 0 Å². The van der Waals surface area contributed by atoms with Gasteiger partial charge in [-0.15, -0.1) is 11.3 Å². The minimum absolute atomic E-state index is 0.0287. The van der Waals surface area contributed by atoms with Crippen molar-refractivity contribution in [1.82, 2.24) is 5.32 Å². The van der Waals surface area contributed by atoms with Gasteiger partial charge in [0.05, 0.1) is 9.89 Å². The van der Waals surface area contributed by atoms with Crippen molar-refractivity contribution < 1.29 is 5.11 Å². The first-order chi connectivity index (χ1) is 8.22. The lowest BCUT2D eigenvalue weighted by Crippen LogP contribution is -2.38. The Bertz CT molecular complexity index is 400. The van der Waals surface area contributed by atoms with Crippen LogP contribution in [0.2, 0.25) is 0 Å². The summed E-state index contributed by atoms with van der Waals surface area (Å²) < 4.78 is 1.26. The van der Waals surface area contributed by atoms with Crippen molar-refractivity contribution in [3.8, 4) is 0 Å². The smallest absolute Gasteiger partial charge is 0.0704 e. The second kappa shape index (κ2) is 5.00. The lowest BCUT2D eigenvalue weighted by molar-refractivity contribution is 0.0416. The Morgan fingerprint density at radius 2 is 2.29 bits per heavy atom. The molecule has 0 spiro atoms. The van der Waals surface area contributed by atoms with Gasteiger partial charge in [-0.2, -0.15) is 0 Å². The minimum atomic E-state index is -0.0287. The molecule has 0 bridgehead atoms. The Kier molecular flexibility index (Phi) is 3.57. The molecule has 1 heterocycles. The fraction of sp³-hybridized carbons (Fsp3) is 0.692. The van der Waals surface area contributed by atoms with E-state index in [4.69, 9.17) is 0 Å². The summed E-state index contributed by atoms with van der Waals surface area (Å²) >= 11 is 5.48. The van der Waals surface area contributed by atoms with Crippen LogP contribution in [-0.2, 0) is 6.42 Å². The van der Waals surface area contributed by atoms with E-state index in [1.54, 1.807) is 4.88 Å². The molecule has 2 nitrogen and oxygen atoms in total. The van der Waals surface area contributed by atoms with Crippen LogP contribution in [0.4, 0.5) is 0 Å². The van der Waals surface area contributed by atoms with Crippen molar-refractivity contribution in [3.63, 3.8) is 0 Å². The Labute approximate surface area is 115 Å². The predicted molar refractivity (Wildman–Crippen MR) is 74.4 cm³/mol. The van der Waals surface area contributed by atoms with Gasteiger partial charge in [-0.25, -0.2) is 0 Å². The van der Waals surface area contributed by atoms with Crippen molar-refractivity contribution in [3.05, 3.63) is 20.3 Å². The molecule has 2 aliphatic rings. The maximum absolute atomic E-state index is 9.28.